The molecule has 2 fully saturated rings. The lowest BCUT2D eigenvalue weighted by molar-refractivity contribution is -0.144. The summed E-state index contributed by atoms with van der Waals surface area (Å²) in [5.74, 6) is -8.96. The summed E-state index contributed by atoms with van der Waals surface area (Å²) in [5, 5.41) is 11.7. The Hall–Kier alpha value is -5.35. The van der Waals surface area contributed by atoms with E-state index in [0.717, 1.165) is 18.4 Å². The van der Waals surface area contributed by atoms with Gasteiger partial charge >= 0.3 is 6.18 Å². The van der Waals surface area contributed by atoms with Gasteiger partial charge in [-0.3, -0.25) is 18.9 Å². The number of para-hydroxylation sites is 1. The fourth-order valence-corrected chi connectivity index (χ4v) is 10.5. The molecule has 22 heteroatoms. The third-order valence-electron chi connectivity index (χ3n) is 12.0. The van der Waals surface area contributed by atoms with Crippen LogP contribution in [0.4, 0.5) is 41.7 Å². The van der Waals surface area contributed by atoms with E-state index in [1.54, 1.807) is 31.3 Å². The topological polar surface area (TPSA) is 166 Å². The van der Waals surface area contributed by atoms with Gasteiger partial charge in [0.1, 0.15) is 23.9 Å². The lowest BCUT2D eigenvalue weighted by Gasteiger charge is -2.36. The van der Waals surface area contributed by atoms with Crippen molar-refractivity contribution in [2.75, 3.05) is 29.0 Å². The first-order valence-electron chi connectivity index (χ1n) is 19.7. The number of nitrogens with two attached hydrogens (primary N) is 1. The maximum atomic E-state index is 15.8. The molecule has 3 aliphatic rings. The summed E-state index contributed by atoms with van der Waals surface area (Å²) >= 11 is 1.34. The van der Waals surface area contributed by atoms with Crippen molar-refractivity contribution >= 4 is 59.5 Å². The molecule has 1 saturated carbocycles. The Bertz CT molecular complexity index is 2880. The molecular formula is C40H39F7N10O3S2. The van der Waals surface area contributed by atoms with Crippen LogP contribution < -0.4 is 20.7 Å². The zero-order chi connectivity index (χ0) is 44.3. The molecule has 1 aliphatic heterocycles. The first kappa shape index (κ1) is 42.0. The summed E-state index contributed by atoms with van der Waals surface area (Å²) in [7, 11) is -2.19. The Morgan fingerprint density at radius 2 is 1.74 bits per heavy atom. The maximum Gasteiger partial charge on any atom is 0.435 e. The van der Waals surface area contributed by atoms with Crippen molar-refractivity contribution in [2.45, 2.75) is 75.2 Å². The number of aromatic nitrogens is 6. The van der Waals surface area contributed by atoms with Crippen molar-refractivity contribution in [3.63, 3.8) is 0 Å². The predicted molar refractivity (Wildman–Crippen MR) is 217 cm³/mol. The number of nitrogens with one attached hydrogen (secondary N) is 2. The van der Waals surface area contributed by atoms with Crippen LogP contribution in [0.15, 0.2) is 42.5 Å². The number of carbonyl (C=O) groups excluding carboxylic acids is 1. The van der Waals surface area contributed by atoms with Crippen LogP contribution in [0.5, 0.6) is 0 Å². The first-order chi connectivity index (χ1) is 29.1. The normalized spacial score (nSPS) is 20.0. The average Bonchev–Trinajstić information content (AvgIpc) is 3.85. The van der Waals surface area contributed by atoms with Gasteiger partial charge < -0.3 is 16.0 Å². The number of sulfonamides is 1. The van der Waals surface area contributed by atoms with Gasteiger partial charge in [-0.05, 0) is 74.8 Å². The molecule has 3 atom stereocenters. The van der Waals surface area contributed by atoms with Gasteiger partial charge in [0, 0.05) is 59.7 Å². The monoisotopic (exact) mass is 904 g/mol. The largest absolute Gasteiger partial charge is 0.435 e. The number of amides is 1. The predicted octanol–water partition coefficient (Wildman–Crippen LogP) is 7.13. The smallest absolute Gasteiger partial charge is 0.348 e. The second-order valence-electron chi connectivity index (χ2n) is 16.7. The van der Waals surface area contributed by atoms with Crippen molar-refractivity contribution in [1.82, 2.24) is 34.8 Å². The lowest BCUT2D eigenvalue weighted by Crippen LogP contribution is -2.48. The molecule has 13 nitrogen and oxygen atoms in total. The van der Waals surface area contributed by atoms with E-state index < -0.39 is 81.0 Å². The van der Waals surface area contributed by atoms with Gasteiger partial charge in [-0.2, -0.15) is 37.1 Å². The average molecular weight is 905 g/mol. The summed E-state index contributed by atoms with van der Waals surface area (Å²) in [6.07, 6.45) is -2.92. The number of rotatable bonds is 10. The van der Waals surface area contributed by atoms with Crippen molar-refractivity contribution < 1.29 is 43.9 Å². The van der Waals surface area contributed by atoms with Gasteiger partial charge in [-0.25, -0.2) is 22.2 Å². The Balaban J connectivity index is 1.19. The molecule has 0 radical (unpaired) electrons. The standard InChI is InChI=1S/C40H39F7N10O3S2/c1-38(48)9-11-56(12-10-38)37-51-36-28(61-37)17-25(22-5-4-6-24-32(22)55(2)53-35(24)54-62(3,59)60)31(50-36)27(15-19-13-20(41)16-21(42)14-19)49-29(58)18-57-34-30(33(52-57)40(45,46)47)23-7-8-26(23)39(34,43)44/h4-6,13-14,16-17,23,26-27H,7-12,15,18,48H2,1-3H3,(H,49,58)(H,53,54)/t23-,26+,27?/m0/s1. The van der Waals surface area contributed by atoms with E-state index in [1.165, 1.54) is 16.0 Å². The molecule has 4 aromatic heterocycles. The van der Waals surface area contributed by atoms with Gasteiger partial charge in [-0.1, -0.05) is 23.5 Å². The van der Waals surface area contributed by atoms with Crippen LogP contribution in [-0.2, 0) is 46.9 Å². The van der Waals surface area contributed by atoms with Crippen molar-refractivity contribution in [1.29, 1.82) is 0 Å². The van der Waals surface area contributed by atoms with E-state index in [-0.39, 0.29) is 47.5 Å². The van der Waals surface area contributed by atoms with Gasteiger partial charge in [0.15, 0.2) is 22.3 Å². The summed E-state index contributed by atoms with van der Waals surface area (Å²) in [4.78, 5) is 26.0. The van der Waals surface area contributed by atoms with E-state index in [2.05, 4.69) is 25.1 Å². The minimum atomic E-state index is -5.07. The number of carbonyl (C=O) groups is 1. The van der Waals surface area contributed by atoms with E-state index in [9.17, 15) is 35.2 Å². The molecule has 1 saturated heterocycles. The number of anilines is 2. The number of fused-ring (bicyclic) bond motifs is 5. The van der Waals surface area contributed by atoms with Crippen LogP contribution in [0.3, 0.4) is 0 Å². The number of alkyl halides is 5. The highest BCUT2D eigenvalue weighted by atomic mass is 32.2. The van der Waals surface area contributed by atoms with Crippen LogP contribution in [-0.4, -0.2) is 68.7 Å². The highest BCUT2D eigenvalue weighted by molar-refractivity contribution is 7.92. The van der Waals surface area contributed by atoms with Gasteiger partial charge in [0.05, 0.1) is 28.2 Å². The number of pyridine rings is 1. The Morgan fingerprint density at radius 1 is 1.03 bits per heavy atom. The molecule has 1 amide bonds. The quantitative estimate of drug-likeness (QED) is 0.121. The number of aryl methyl sites for hydroxylation is 1. The number of hydrogen-bond acceptors (Lipinski definition) is 10. The zero-order valence-corrected chi connectivity index (χ0v) is 35.0. The van der Waals surface area contributed by atoms with Crippen molar-refractivity contribution in [3.8, 4) is 11.1 Å². The SMILES string of the molecule is Cn1nc(NS(C)(=O)=O)c2cccc(-c3cc4sc(N5CCC(C)(N)CC5)nc4nc3C(Cc3cc(F)cc(F)c3)NC(=O)Cn3nc(C(F)(F)F)c4c3C(F)(F)[C@@H]3CC[C@H]43)c21. The molecule has 2 aliphatic carbocycles. The van der Waals surface area contributed by atoms with E-state index in [0.29, 0.717) is 68.5 Å². The van der Waals surface area contributed by atoms with Crippen LogP contribution in [0.25, 0.3) is 32.4 Å². The maximum absolute atomic E-state index is 15.8. The first-order valence-corrected chi connectivity index (χ1v) is 22.4. The Kier molecular flexibility index (Phi) is 9.89. The molecular weight excluding hydrogens is 866 g/mol. The van der Waals surface area contributed by atoms with Crippen LogP contribution in [0.1, 0.15) is 72.8 Å². The fraction of sp³-hybridized carbons (Fsp3) is 0.425. The fourth-order valence-electron chi connectivity index (χ4n) is 9.01. The van der Waals surface area contributed by atoms with E-state index >= 15 is 8.78 Å². The van der Waals surface area contributed by atoms with E-state index in [1.807, 2.05) is 6.92 Å². The number of piperidine rings is 1. The molecule has 0 spiro atoms. The zero-order valence-electron chi connectivity index (χ0n) is 33.3. The van der Waals surface area contributed by atoms with Crippen molar-refractivity contribution in [2.24, 2.45) is 18.7 Å². The molecule has 328 valence electrons. The highest BCUT2D eigenvalue weighted by Gasteiger charge is 2.63. The van der Waals surface area contributed by atoms with Gasteiger partial charge in [0.25, 0.3) is 5.92 Å². The molecule has 62 heavy (non-hydrogen) atoms. The summed E-state index contributed by atoms with van der Waals surface area (Å²) in [6, 6.07) is 8.19. The summed E-state index contributed by atoms with van der Waals surface area (Å²) < 4.78 is 133. The highest BCUT2D eigenvalue weighted by Crippen LogP contribution is 2.64. The number of hydrogen-bond donors (Lipinski definition) is 3. The summed E-state index contributed by atoms with van der Waals surface area (Å²) in [5.41, 5.74) is 4.61. The third kappa shape index (κ3) is 7.52. The molecule has 9 rings (SSSR count). The van der Waals surface area contributed by atoms with Crippen molar-refractivity contribution in [3.05, 3.63) is 82.3 Å². The number of nitrogens with zero attached hydrogens (tertiary/aromatic N) is 7. The third-order valence-corrected chi connectivity index (χ3v) is 13.6. The molecule has 1 unspecified atom stereocenters. The second kappa shape index (κ2) is 14.6. The van der Waals surface area contributed by atoms with Gasteiger partial charge in [-0.15, -0.1) is 0 Å². The minimum absolute atomic E-state index is 0.0107. The molecule has 4 N–H and O–H groups in total. The number of thiazole rings is 1. The van der Waals surface area contributed by atoms with Crippen LogP contribution in [0, 0.1) is 17.6 Å². The second-order valence-corrected chi connectivity index (χ2v) is 19.5. The Morgan fingerprint density at radius 3 is 2.39 bits per heavy atom. The van der Waals surface area contributed by atoms with Crippen LogP contribution in [0.2, 0.25) is 0 Å². The minimum Gasteiger partial charge on any atom is -0.348 e. The number of halogens is 7. The molecule has 6 aromatic rings. The Labute approximate surface area is 353 Å². The molecule has 0 bridgehead atoms. The summed E-state index contributed by atoms with van der Waals surface area (Å²) in [6.45, 7) is 2.14. The van der Waals surface area contributed by atoms with Crippen LogP contribution >= 0.6 is 11.3 Å². The lowest BCUT2D eigenvalue weighted by atomic mass is 9.73. The number of benzene rings is 2. The molecule has 5 heterocycles. The van der Waals surface area contributed by atoms with E-state index in [4.69, 9.17) is 15.7 Å². The molecule has 2 aromatic carbocycles. The van der Waals surface area contributed by atoms with Gasteiger partial charge in [0.2, 0.25) is 15.9 Å².